The maximum Gasteiger partial charge on any atom is 0.344 e. The number of fused-ring (bicyclic) bond motifs is 1. The summed E-state index contributed by atoms with van der Waals surface area (Å²) in [4.78, 5) is 36.0. The van der Waals surface area contributed by atoms with Crippen LogP contribution in [0.2, 0.25) is 5.02 Å². The molecule has 0 aliphatic carbocycles. The van der Waals surface area contributed by atoms with Gasteiger partial charge in [0.15, 0.2) is 0 Å². The average molecular weight is 420 g/mol. The third-order valence-electron chi connectivity index (χ3n) is 4.56. The van der Waals surface area contributed by atoms with Gasteiger partial charge in [0, 0.05) is 10.9 Å². The van der Waals surface area contributed by atoms with Gasteiger partial charge in [0.25, 0.3) is 5.91 Å². The van der Waals surface area contributed by atoms with Crippen molar-refractivity contribution in [3.05, 3.63) is 99.4 Å². The molecule has 0 unspecified atom stereocenters. The summed E-state index contributed by atoms with van der Waals surface area (Å²) in [7, 11) is 0. The Bertz CT molecular complexity index is 1340. The molecular formula is C23H14ClNO5. The number of benzene rings is 3. The van der Waals surface area contributed by atoms with Crippen molar-refractivity contribution >= 4 is 40.1 Å². The molecule has 0 saturated carbocycles. The van der Waals surface area contributed by atoms with Crippen molar-refractivity contribution in [3.8, 4) is 11.1 Å². The molecule has 4 rings (SSSR count). The number of anilines is 1. The Hall–Kier alpha value is -3.90. The number of para-hydroxylation sites is 1. The van der Waals surface area contributed by atoms with E-state index >= 15 is 0 Å². The van der Waals surface area contributed by atoms with Gasteiger partial charge in [-0.05, 0) is 48.0 Å². The van der Waals surface area contributed by atoms with E-state index in [9.17, 15) is 14.4 Å². The lowest BCUT2D eigenvalue weighted by Gasteiger charge is -2.09. The number of carbonyl (C=O) groups excluding carboxylic acids is 1. The second kappa shape index (κ2) is 7.85. The zero-order chi connectivity index (χ0) is 21.3. The molecular weight excluding hydrogens is 406 g/mol. The van der Waals surface area contributed by atoms with Crippen LogP contribution in [0, 0.1) is 0 Å². The largest absolute Gasteiger partial charge is 0.478 e. The van der Waals surface area contributed by atoms with E-state index in [2.05, 4.69) is 5.32 Å². The van der Waals surface area contributed by atoms with E-state index in [-0.39, 0.29) is 16.3 Å². The smallest absolute Gasteiger partial charge is 0.344 e. The quantitative estimate of drug-likeness (QED) is 0.450. The highest BCUT2D eigenvalue weighted by molar-refractivity contribution is 6.34. The molecule has 1 heterocycles. The molecule has 3 aromatic carbocycles. The standard InChI is InChI=1S/C23H14ClNO5/c24-18-10-9-16(22(27)28)12-19(18)25-21(26)14-7-5-13(6-8-14)17-11-15-3-1-2-4-20(15)30-23(17)29/h1-12H,(H,25,26)(H,27,28). The van der Waals surface area contributed by atoms with E-state index in [0.717, 1.165) is 5.39 Å². The fourth-order valence-corrected chi connectivity index (χ4v) is 3.18. The Kier molecular flexibility index (Phi) is 5.08. The number of aromatic carboxylic acids is 1. The maximum atomic E-state index is 12.5. The maximum absolute atomic E-state index is 12.5. The first-order chi connectivity index (χ1) is 14.4. The van der Waals surface area contributed by atoms with Crippen LogP contribution in [-0.4, -0.2) is 17.0 Å². The van der Waals surface area contributed by atoms with Crippen molar-refractivity contribution in [2.75, 3.05) is 5.32 Å². The van der Waals surface area contributed by atoms with Gasteiger partial charge in [-0.3, -0.25) is 4.79 Å². The number of hydrogen-bond donors (Lipinski definition) is 2. The molecule has 0 radical (unpaired) electrons. The van der Waals surface area contributed by atoms with Crippen LogP contribution in [0.25, 0.3) is 22.1 Å². The molecule has 1 aromatic heterocycles. The van der Waals surface area contributed by atoms with Crippen molar-refractivity contribution in [1.82, 2.24) is 0 Å². The van der Waals surface area contributed by atoms with Crippen LogP contribution in [0.4, 0.5) is 5.69 Å². The van der Waals surface area contributed by atoms with Gasteiger partial charge in [-0.25, -0.2) is 9.59 Å². The lowest BCUT2D eigenvalue weighted by molar-refractivity contribution is 0.0696. The van der Waals surface area contributed by atoms with Crippen LogP contribution in [0.1, 0.15) is 20.7 Å². The Morgan fingerprint density at radius 2 is 1.60 bits per heavy atom. The van der Waals surface area contributed by atoms with Crippen LogP contribution >= 0.6 is 11.6 Å². The van der Waals surface area contributed by atoms with Crippen molar-refractivity contribution in [3.63, 3.8) is 0 Å². The number of carbonyl (C=O) groups is 2. The number of halogens is 1. The van der Waals surface area contributed by atoms with E-state index in [1.54, 1.807) is 42.5 Å². The topological polar surface area (TPSA) is 96.6 Å². The van der Waals surface area contributed by atoms with Crippen molar-refractivity contribution in [2.45, 2.75) is 0 Å². The number of amides is 1. The van der Waals surface area contributed by atoms with Crippen molar-refractivity contribution < 1.29 is 19.1 Å². The van der Waals surface area contributed by atoms with E-state index in [1.165, 1.54) is 18.2 Å². The van der Waals surface area contributed by atoms with Gasteiger partial charge in [0.2, 0.25) is 0 Å². The van der Waals surface area contributed by atoms with E-state index in [1.807, 2.05) is 12.1 Å². The van der Waals surface area contributed by atoms with E-state index in [4.69, 9.17) is 21.1 Å². The lowest BCUT2D eigenvalue weighted by Crippen LogP contribution is -2.13. The molecule has 7 heteroatoms. The summed E-state index contributed by atoms with van der Waals surface area (Å²) in [6.45, 7) is 0. The van der Waals surface area contributed by atoms with E-state index in [0.29, 0.717) is 22.3 Å². The third-order valence-corrected chi connectivity index (χ3v) is 4.89. The molecule has 0 aliphatic heterocycles. The first-order valence-corrected chi connectivity index (χ1v) is 9.28. The highest BCUT2D eigenvalue weighted by Gasteiger charge is 2.13. The molecule has 30 heavy (non-hydrogen) atoms. The van der Waals surface area contributed by atoms with Crippen molar-refractivity contribution in [2.24, 2.45) is 0 Å². The zero-order valence-electron chi connectivity index (χ0n) is 15.4. The first-order valence-electron chi connectivity index (χ1n) is 8.90. The number of carboxylic acid groups (broad SMARTS) is 1. The van der Waals surface area contributed by atoms with E-state index < -0.39 is 17.5 Å². The molecule has 0 aliphatic rings. The summed E-state index contributed by atoms with van der Waals surface area (Å²) in [5.41, 5.74) is 1.55. The predicted octanol–water partition coefficient (Wildman–Crippen LogP) is 5.06. The van der Waals surface area contributed by atoms with Crippen LogP contribution in [-0.2, 0) is 0 Å². The SMILES string of the molecule is O=C(O)c1ccc(Cl)c(NC(=O)c2ccc(-c3cc4ccccc4oc3=O)cc2)c1. The number of carboxylic acids is 1. The van der Waals surface area contributed by atoms with Gasteiger partial charge < -0.3 is 14.8 Å². The Balaban J connectivity index is 1.60. The van der Waals surface area contributed by atoms with Gasteiger partial charge in [-0.1, -0.05) is 41.9 Å². The van der Waals surface area contributed by atoms with Crippen LogP contribution < -0.4 is 10.9 Å². The first kappa shape index (κ1) is 19.4. The highest BCUT2D eigenvalue weighted by atomic mass is 35.5. The molecule has 2 N–H and O–H groups in total. The second-order valence-corrected chi connectivity index (χ2v) is 6.92. The molecule has 0 bridgehead atoms. The minimum atomic E-state index is -1.12. The summed E-state index contributed by atoms with van der Waals surface area (Å²) < 4.78 is 5.35. The molecule has 148 valence electrons. The second-order valence-electron chi connectivity index (χ2n) is 6.52. The summed E-state index contributed by atoms with van der Waals surface area (Å²) in [6.07, 6.45) is 0. The number of nitrogens with one attached hydrogen (secondary N) is 1. The van der Waals surface area contributed by atoms with Crippen LogP contribution in [0.3, 0.4) is 0 Å². The molecule has 0 spiro atoms. The molecule has 6 nitrogen and oxygen atoms in total. The van der Waals surface area contributed by atoms with Crippen LogP contribution in [0.15, 0.2) is 82.0 Å². The van der Waals surface area contributed by atoms with Gasteiger partial charge >= 0.3 is 11.6 Å². The Labute approximate surface area is 175 Å². The molecule has 0 atom stereocenters. The molecule has 1 amide bonds. The Morgan fingerprint density at radius 3 is 2.33 bits per heavy atom. The molecule has 0 saturated heterocycles. The summed E-state index contributed by atoms with van der Waals surface area (Å²) in [5.74, 6) is -1.59. The fraction of sp³-hybridized carbons (Fsp3) is 0. The normalized spacial score (nSPS) is 10.7. The average Bonchev–Trinajstić information content (AvgIpc) is 2.74. The van der Waals surface area contributed by atoms with Gasteiger partial charge in [0.05, 0.1) is 21.8 Å². The van der Waals surface area contributed by atoms with Gasteiger partial charge in [-0.15, -0.1) is 0 Å². The summed E-state index contributed by atoms with van der Waals surface area (Å²) in [5, 5.41) is 12.7. The van der Waals surface area contributed by atoms with Gasteiger partial charge in [-0.2, -0.15) is 0 Å². The summed E-state index contributed by atoms with van der Waals surface area (Å²) in [6, 6.07) is 19.4. The number of hydrogen-bond acceptors (Lipinski definition) is 4. The minimum absolute atomic E-state index is 0.00748. The Morgan fingerprint density at radius 1 is 0.900 bits per heavy atom. The van der Waals surface area contributed by atoms with Gasteiger partial charge in [0.1, 0.15) is 5.58 Å². The lowest BCUT2D eigenvalue weighted by atomic mass is 10.0. The molecule has 0 fully saturated rings. The monoisotopic (exact) mass is 419 g/mol. The summed E-state index contributed by atoms with van der Waals surface area (Å²) >= 11 is 6.05. The fourth-order valence-electron chi connectivity index (χ4n) is 3.01. The zero-order valence-corrected chi connectivity index (χ0v) is 16.1. The predicted molar refractivity (Wildman–Crippen MR) is 114 cm³/mol. The number of rotatable bonds is 4. The third kappa shape index (κ3) is 3.81. The molecule has 4 aromatic rings. The van der Waals surface area contributed by atoms with Crippen LogP contribution in [0.5, 0.6) is 0 Å². The van der Waals surface area contributed by atoms with Crippen molar-refractivity contribution in [1.29, 1.82) is 0 Å². The minimum Gasteiger partial charge on any atom is -0.478 e. The highest BCUT2D eigenvalue weighted by Crippen LogP contribution is 2.25.